The predicted molar refractivity (Wildman–Crippen MR) is 113 cm³/mol. The number of aromatic nitrogens is 1. The molecule has 0 bridgehead atoms. The first-order valence-electron chi connectivity index (χ1n) is 9.75. The lowest BCUT2D eigenvalue weighted by Gasteiger charge is -2.19. The molecule has 4 rings (SSSR count). The highest BCUT2D eigenvalue weighted by molar-refractivity contribution is 5.97. The Bertz CT molecular complexity index is 1090. The number of benzene rings is 2. The van der Waals surface area contributed by atoms with Crippen molar-refractivity contribution in [2.24, 2.45) is 0 Å². The van der Waals surface area contributed by atoms with Crippen LogP contribution < -0.4 is 0 Å². The second kappa shape index (κ2) is 8.76. The number of esters is 1. The third kappa shape index (κ3) is 4.08. The SMILES string of the molecule is CCOC(=O)c1cc(C(OCc2ccccc2)c2ccccc2)n2ccccc12. The number of ether oxygens (including phenoxy) is 2. The van der Waals surface area contributed by atoms with Gasteiger partial charge in [-0.15, -0.1) is 0 Å². The van der Waals surface area contributed by atoms with E-state index in [0.717, 1.165) is 22.3 Å². The van der Waals surface area contributed by atoms with Gasteiger partial charge in [-0.1, -0.05) is 66.7 Å². The maximum atomic E-state index is 12.5. The predicted octanol–water partition coefficient (Wildman–Crippen LogP) is 5.42. The van der Waals surface area contributed by atoms with Crippen molar-refractivity contribution in [3.8, 4) is 0 Å². The monoisotopic (exact) mass is 385 g/mol. The van der Waals surface area contributed by atoms with E-state index >= 15 is 0 Å². The zero-order valence-electron chi connectivity index (χ0n) is 16.3. The number of rotatable bonds is 7. The van der Waals surface area contributed by atoms with Crippen LogP contribution in [0.25, 0.3) is 5.52 Å². The standard InChI is InChI=1S/C25H23NO3/c1-2-28-25(27)21-17-23(26-16-10-9-15-22(21)26)24(20-13-7-4-8-14-20)29-18-19-11-5-3-6-12-19/h3-17,24H,2,18H2,1H3. The Morgan fingerprint density at radius 2 is 1.62 bits per heavy atom. The third-order valence-electron chi connectivity index (χ3n) is 4.83. The van der Waals surface area contributed by atoms with Gasteiger partial charge in [0.2, 0.25) is 0 Å². The van der Waals surface area contributed by atoms with Crippen molar-refractivity contribution in [3.63, 3.8) is 0 Å². The van der Waals surface area contributed by atoms with E-state index in [4.69, 9.17) is 9.47 Å². The molecule has 0 saturated carbocycles. The van der Waals surface area contributed by atoms with Crippen LogP contribution >= 0.6 is 0 Å². The van der Waals surface area contributed by atoms with Crippen LogP contribution in [0.5, 0.6) is 0 Å². The number of carbonyl (C=O) groups is 1. The molecule has 0 fully saturated rings. The molecule has 2 aromatic heterocycles. The zero-order chi connectivity index (χ0) is 20.1. The van der Waals surface area contributed by atoms with Gasteiger partial charge < -0.3 is 13.9 Å². The van der Waals surface area contributed by atoms with Crippen molar-refractivity contribution in [1.29, 1.82) is 0 Å². The fourth-order valence-electron chi connectivity index (χ4n) is 3.49. The van der Waals surface area contributed by atoms with Gasteiger partial charge in [-0.05, 0) is 36.2 Å². The van der Waals surface area contributed by atoms with Gasteiger partial charge in [-0.2, -0.15) is 0 Å². The second-order valence-electron chi connectivity index (χ2n) is 6.75. The van der Waals surface area contributed by atoms with E-state index in [1.165, 1.54) is 0 Å². The Morgan fingerprint density at radius 1 is 0.931 bits per heavy atom. The smallest absolute Gasteiger partial charge is 0.340 e. The molecule has 0 amide bonds. The Morgan fingerprint density at radius 3 is 2.34 bits per heavy atom. The van der Waals surface area contributed by atoms with E-state index in [-0.39, 0.29) is 12.1 Å². The molecule has 0 aliphatic rings. The Kier molecular flexibility index (Phi) is 5.73. The van der Waals surface area contributed by atoms with E-state index in [9.17, 15) is 4.79 Å². The van der Waals surface area contributed by atoms with Crippen molar-refractivity contribution in [3.05, 3.63) is 114 Å². The fraction of sp³-hybridized carbons (Fsp3) is 0.160. The largest absolute Gasteiger partial charge is 0.462 e. The molecule has 0 aliphatic carbocycles. The number of fused-ring (bicyclic) bond motifs is 1. The summed E-state index contributed by atoms with van der Waals surface area (Å²) in [5.74, 6) is -0.322. The molecule has 4 nitrogen and oxygen atoms in total. The number of carbonyl (C=O) groups excluding carboxylic acids is 1. The minimum absolute atomic E-state index is 0.322. The summed E-state index contributed by atoms with van der Waals surface area (Å²) in [5.41, 5.74) is 4.38. The van der Waals surface area contributed by atoms with Crippen molar-refractivity contribution >= 4 is 11.5 Å². The van der Waals surface area contributed by atoms with Crippen molar-refractivity contribution in [2.75, 3.05) is 6.61 Å². The molecule has 0 aliphatic heterocycles. The molecule has 0 N–H and O–H groups in total. The minimum Gasteiger partial charge on any atom is -0.462 e. The van der Waals surface area contributed by atoms with Crippen LogP contribution in [0, 0.1) is 0 Å². The summed E-state index contributed by atoms with van der Waals surface area (Å²) in [7, 11) is 0. The summed E-state index contributed by atoms with van der Waals surface area (Å²) >= 11 is 0. The summed E-state index contributed by atoms with van der Waals surface area (Å²) in [6.45, 7) is 2.62. The van der Waals surface area contributed by atoms with E-state index in [1.807, 2.05) is 102 Å². The lowest BCUT2D eigenvalue weighted by molar-refractivity contribution is 0.0527. The zero-order valence-corrected chi connectivity index (χ0v) is 16.3. The van der Waals surface area contributed by atoms with Crippen LogP contribution in [0.4, 0.5) is 0 Å². The van der Waals surface area contributed by atoms with Crippen LogP contribution in [-0.4, -0.2) is 17.0 Å². The average Bonchev–Trinajstić information content (AvgIpc) is 3.15. The van der Waals surface area contributed by atoms with Gasteiger partial charge in [-0.25, -0.2) is 4.79 Å². The maximum absolute atomic E-state index is 12.5. The number of pyridine rings is 1. The molecule has 29 heavy (non-hydrogen) atoms. The van der Waals surface area contributed by atoms with E-state index in [2.05, 4.69) is 0 Å². The molecule has 1 unspecified atom stereocenters. The molecule has 0 spiro atoms. The van der Waals surface area contributed by atoms with Crippen molar-refractivity contribution < 1.29 is 14.3 Å². The fourth-order valence-corrected chi connectivity index (χ4v) is 3.49. The molecule has 2 heterocycles. The summed E-state index contributed by atoms with van der Waals surface area (Å²) in [6.07, 6.45) is 1.63. The average molecular weight is 385 g/mol. The van der Waals surface area contributed by atoms with Crippen molar-refractivity contribution in [2.45, 2.75) is 19.6 Å². The van der Waals surface area contributed by atoms with Gasteiger partial charge in [0, 0.05) is 6.20 Å². The molecule has 4 heteroatoms. The first-order valence-corrected chi connectivity index (χ1v) is 9.75. The normalized spacial score (nSPS) is 12.0. The number of hydrogen-bond donors (Lipinski definition) is 0. The van der Waals surface area contributed by atoms with Gasteiger partial charge in [-0.3, -0.25) is 0 Å². The van der Waals surface area contributed by atoms with E-state index in [0.29, 0.717) is 18.8 Å². The van der Waals surface area contributed by atoms with Gasteiger partial charge in [0.25, 0.3) is 0 Å². The topological polar surface area (TPSA) is 39.9 Å². The lowest BCUT2D eigenvalue weighted by Crippen LogP contribution is -2.09. The molecule has 0 saturated heterocycles. The van der Waals surface area contributed by atoms with E-state index in [1.54, 1.807) is 0 Å². The van der Waals surface area contributed by atoms with Crippen LogP contribution in [0.15, 0.2) is 91.1 Å². The van der Waals surface area contributed by atoms with Crippen LogP contribution in [-0.2, 0) is 16.1 Å². The highest BCUT2D eigenvalue weighted by atomic mass is 16.5. The van der Waals surface area contributed by atoms with Gasteiger partial charge in [0.15, 0.2) is 0 Å². The van der Waals surface area contributed by atoms with Gasteiger partial charge in [0.05, 0.1) is 30.0 Å². The first kappa shape index (κ1) is 19.0. The molecular weight excluding hydrogens is 362 g/mol. The maximum Gasteiger partial charge on any atom is 0.340 e. The quantitative estimate of drug-likeness (QED) is 0.399. The van der Waals surface area contributed by atoms with E-state index < -0.39 is 0 Å². The Labute approximate surface area is 170 Å². The summed E-state index contributed by atoms with van der Waals surface area (Å²) in [6, 6.07) is 27.8. The Balaban J connectivity index is 1.78. The van der Waals surface area contributed by atoms with Crippen LogP contribution in [0.2, 0.25) is 0 Å². The third-order valence-corrected chi connectivity index (χ3v) is 4.83. The van der Waals surface area contributed by atoms with Crippen LogP contribution in [0.1, 0.15) is 40.2 Å². The minimum atomic E-state index is -0.325. The highest BCUT2D eigenvalue weighted by Gasteiger charge is 2.23. The molecule has 4 aromatic rings. The molecular formula is C25H23NO3. The summed E-state index contributed by atoms with van der Waals surface area (Å²) in [4.78, 5) is 12.5. The summed E-state index contributed by atoms with van der Waals surface area (Å²) in [5, 5.41) is 0. The first-order chi connectivity index (χ1) is 14.3. The van der Waals surface area contributed by atoms with Crippen molar-refractivity contribution in [1.82, 2.24) is 4.40 Å². The molecule has 0 radical (unpaired) electrons. The van der Waals surface area contributed by atoms with Gasteiger partial charge in [0.1, 0.15) is 6.10 Å². The number of hydrogen-bond acceptors (Lipinski definition) is 3. The second-order valence-corrected chi connectivity index (χ2v) is 6.75. The number of nitrogens with zero attached hydrogens (tertiary/aromatic N) is 1. The molecule has 1 atom stereocenters. The lowest BCUT2D eigenvalue weighted by atomic mass is 10.1. The Hall–Kier alpha value is -3.37. The molecule has 146 valence electrons. The summed E-state index contributed by atoms with van der Waals surface area (Å²) < 4.78 is 13.7. The van der Waals surface area contributed by atoms with Crippen LogP contribution in [0.3, 0.4) is 0 Å². The highest BCUT2D eigenvalue weighted by Crippen LogP contribution is 2.31. The molecule has 2 aromatic carbocycles. The van der Waals surface area contributed by atoms with Gasteiger partial charge >= 0.3 is 5.97 Å².